The average molecular weight is 206 g/mol. The predicted octanol–water partition coefficient (Wildman–Crippen LogP) is 2.58. The van der Waals surface area contributed by atoms with Crippen molar-refractivity contribution in [1.29, 1.82) is 0 Å². The van der Waals surface area contributed by atoms with E-state index in [1.807, 2.05) is 0 Å². The Hall–Kier alpha value is 0.197. The minimum absolute atomic E-state index is 0.128. The van der Waals surface area contributed by atoms with Gasteiger partial charge < -0.3 is 4.74 Å². The molecule has 0 aliphatic heterocycles. The van der Waals surface area contributed by atoms with Crippen molar-refractivity contribution in [3.8, 4) is 0 Å². The van der Waals surface area contributed by atoms with Crippen LogP contribution in [0, 0.1) is 0 Å². The van der Waals surface area contributed by atoms with Gasteiger partial charge in [-0.2, -0.15) is 0 Å². The summed E-state index contributed by atoms with van der Waals surface area (Å²) in [5, 5.41) is 0.128. The molecule has 0 spiro atoms. The van der Waals surface area contributed by atoms with Gasteiger partial charge in [-0.1, -0.05) is 31.4 Å². The second-order valence-electron chi connectivity index (χ2n) is 3.97. The predicted molar refractivity (Wildman–Crippen MR) is 57.2 cm³/mol. The zero-order valence-corrected chi connectivity index (χ0v) is 10.2. The van der Waals surface area contributed by atoms with E-state index < -0.39 is 8.07 Å². The number of carbonyl (C=O) groups excluding carboxylic acids is 1. The van der Waals surface area contributed by atoms with Crippen LogP contribution in [-0.4, -0.2) is 25.7 Å². The van der Waals surface area contributed by atoms with Gasteiger partial charge in [-0.05, 0) is 6.04 Å². The van der Waals surface area contributed by atoms with Crippen LogP contribution in [0.4, 0.5) is 0 Å². The minimum atomic E-state index is -0.954. The minimum Gasteiger partial charge on any atom is -0.371 e. The van der Waals surface area contributed by atoms with E-state index in [9.17, 15) is 4.79 Å². The van der Waals surface area contributed by atoms with Gasteiger partial charge in [0.25, 0.3) is 0 Å². The summed E-state index contributed by atoms with van der Waals surface area (Å²) in [6.07, 6.45) is 0. The third-order valence-corrected chi connectivity index (χ3v) is 3.74. The standard InChI is InChI=1S/C8H18O2SSi/c1-8(9)11-7-10-5-6-12(2,3)4/h5-7H2,1-4H3. The van der Waals surface area contributed by atoms with E-state index in [1.54, 1.807) is 6.92 Å². The first-order chi connectivity index (χ1) is 5.42. The van der Waals surface area contributed by atoms with Crippen LogP contribution in [0.25, 0.3) is 0 Å². The second-order valence-corrected chi connectivity index (χ2v) is 10.7. The molecular formula is C8H18O2SSi. The molecule has 0 aliphatic carbocycles. The van der Waals surface area contributed by atoms with E-state index in [2.05, 4.69) is 19.6 Å². The molecule has 0 aromatic heterocycles. The fourth-order valence-electron chi connectivity index (χ4n) is 0.562. The fourth-order valence-corrected chi connectivity index (χ4v) is 1.69. The lowest BCUT2D eigenvalue weighted by Gasteiger charge is -2.14. The molecule has 12 heavy (non-hydrogen) atoms. The van der Waals surface area contributed by atoms with Crippen LogP contribution in [0.5, 0.6) is 0 Å². The maximum Gasteiger partial charge on any atom is 0.188 e. The molecule has 4 heteroatoms. The van der Waals surface area contributed by atoms with E-state index in [0.717, 1.165) is 6.61 Å². The molecule has 0 rings (SSSR count). The van der Waals surface area contributed by atoms with Gasteiger partial charge in [-0.15, -0.1) is 0 Å². The molecule has 0 heterocycles. The first-order valence-electron chi connectivity index (χ1n) is 4.13. The zero-order chi connectivity index (χ0) is 9.61. The fraction of sp³-hybridized carbons (Fsp3) is 0.875. The quantitative estimate of drug-likeness (QED) is 0.393. The summed E-state index contributed by atoms with van der Waals surface area (Å²) in [6, 6.07) is 1.17. The number of ether oxygens (including phenoxy) is 1. The van der Waals surface area contributed by atoms with Crippen LogP contribution in [-0.2, 0) is 9.53 Å². The van der Waals surface area contributed by atoms with Crippen LogP contribution in [0.15, 0.2) is 0 Å². The van der Waals surface area contributed by atoms with Crippen molar-refractivity contribution >= 4 is 25.0 Å². The van der Waals surface area contributed by atoms with E-state index in [1.165, 1.54) is 17.8 Å². The highest BCUT2D eigenvalue weighted by Crippen LogP contribution is 2.09. The van der Waals surface area contributed by atoms with Crippen molar-refractivity contribution in [2.24, 2.45) is 0 Å². The van der Waals surface area contributed by atoms with Crippen molar-refractivity contribution in [2.75, 3.05) is 12.5 Å². The van der Waals surface area contributed by atoms with Crippen LogP contribution in [0.3, 0.4) is 0 Å². The van der Waals surface area contributed by atoms with Gasteiger partial charge >= 0.3 is 0 Å². The van der Waals surface area contributed by atoms with Crippen LogP contribution in [0.1, 0.15) is 6.92 Å². The average Bonchev–Trinajstić information content (AvgIpc) is 1.83. The van der Waals surface area contributed by atoms with Crippen molar-refractivity contribution < 1.29 is 9.53 Å². The Labute approximate surface area is 80.1 Å². The van der Waals surface area contributed by atoms with Gasteiger partial charge in [-0.3, -0.25) is 4.79 Å². The monoisotopic (exact) mass is 206 g/mol. The summed E-state index contributed by atoms with van der Waals surface area (Å²) in [6.45, 7) is 9.31. The van der Waals surface area contributed by atoms with Gasteiger partial charge in [0.15, 0.2) is 5.12 Å². The van der Waals surface area contributed by atoms with E-state index >= 15 is 0 Å². The Morgan fingerprint density at radius 2 is 2.00 bits per heavy atom. The maximum absolute atomic E-state index is 10.5. The Morgan fingerprint density at radius 3 is 2.42 bits per heavy atom. The number of carbonyl (C=O) groups is 1. The molecule has 0 unspecified atom stereocenters. The van der Waals surface area contributed by atoms with E-state index in [4.69, 9.17) is 4.74 Å². The number of hydrogen-bond acceptors (Lipinski definition) is 3. The summed E-state index contributed by atoms with van der Waals surface area (Å²) >= 11 is 1.24. The molecule has 0 aliphatic rings. The lowest BCUT2D eigenvalue weighted by molar-refractivity contribution is -0.109. The van der Waals surface area contributed by atoms with Gasteiger partial charge in [0.2, 0.25) is 0 Å². The van der Waals surface area contributed by atoms with Crippen molar-refractivity contribution in [3.63, 3.8) is 0 Å². The van der Waals surface area contributed by atoms with Gasteiger partial charge in [0.05, 0.1) is 5.94 Å². The van der Waals surface area contributed by atoms with Crippen LogP contribution in [0.2, 0.25) is 25.7 Å². The second kappa shape index (κ2) is 5.78. The summed E-state index contributed by atoms with van der Waals surface area (Å²) < 4.78 is 5.30. The molecule has 0 bridgehead atoms. The molecule has 0 aromatic carbocycles. The third kappa shape index (κ3) is 10.2. The highest BCUT2D eigenvalue weighted by atomic mass is 32.2. The van der Waals surface area contributed by atoms with Gasteiger partial charge in [-0.25, -0.2) is 0 Å². The Balaban J connectivity index is 3.17. The summed E-state index contributed by atoms with van der Waals surface area (Å²) in [5.74, 6) is 0.514. The molecule has 0 radical (unpaired) electrons. The Kier molecular flexibility index (Phi) is 5.87. The van der Waals surface area contributed by atoms with Crippen molar-refractivity contribution in [3.05, 3.63) is 0 Å². The molecular weight excluding hydrogens is 188 g/mol. The lowest BCUT2D eigenvalue weighted by Crippen LogP contribution is -2.21. The first-order valence-corrected chi connectivity index (χ1v) is 8.82. The molecule has 0 atom stereocenters. The Morgan fingerprint density at radius 1 is 1.42 bits per heavy atom. The number of rotatable bonds is 5. The van der Waals surface area contributed by atoms with Gasteiger partial charge in [0.1, 0.15) is 0 Å². The van der Waals surface area contributed by atoms with E-state index in [-0.39, 0.29) is 5.12 Å². The molecule has 0 fully saturated rings. The molecule has 2 nitrogen and oxygen atoms in total. The van der Waals surface area contributed by atoms with Crippen LogP contribution < -0.4 is 0 Å². The summed E-state index contributed by atoms with van der Waals surface area (Å²) in [5.41, 5.74) is 0. The third-order valence-electron chi connectivity index (χ3n) is 1.34. The van der Waals surface area contributed by atoms with Gasteiger partial charge in [0, 0.05) is 21.6 Å². The zero-order valence-electron chi connectivity index (χ0n) is 8.35. The molecule has 0 amide bonds. The maximum atomic E-state index is 10.5. The molecule has 72 valence electrons. The van der Waals surface area contributed by atoms with E-state index in [0.29, 0.717) is 5.94 Å². The summed E-state index contributed by atoms with van der Waals surface area (Å²) in [4.78, 5) is 10.5. The smallest absolute Gasteiger partial charge is 0.188 e. The highest BCUT2D eigenvalue weighted by Gasteiger charge is 2.11. The first kappa shape index (κ1) is 12.2. The highest BCUT2D eigenvalue weighted by molar-refractivity contribution is 8.13. The molecule has 0 saturated heterocycles. The normalized spacial score (nSPS) is 11.7. The SMILES string of the molecule is CC(=O)SCOCC[Si](C)(C)C. The van der Waals surface area contributed by atoms with Crippen molar-refractivity contribution in [1.82, 2.24) is 0 Å². The largest absolute Gasteiger partial charge is 0.371 e. The molecule has 0 aromatic rings. The summed E-state index contributed by atoms with van der Waals surface area (Å²) in [7, 11) is -0.954. The number of hydrogen-bond donors (Lipinski definition) is 0. The van der Waals surface area contributed by atoms with Crippen molar-refractivity contribution in [2.45, 2.75) is 32.6 Å². The lowest BCUT2D eigenvalue weighted by atomic mass is 10.9. The topological polar surface area (TPSA) is 26.3 Å². The molecule has 0 saturated carbocycles. The Bertz CT molecular complexity index is 142. The van der Waals surface area contributed by atoms with Crippen LogP contribution >= 0.6 is 11.8 Å². The number of thioether (sulfide) groups is 1. The molecule has 0 N–H and O–H groups in total.